The van der Waals surface area contributed by atoms with Crippen LogP contribution in [0.3, 0.4) is 0 Å². The van der Waals surface area contributed by atoms with Crippen molar-refractivity contribution in [2.75, 3.05) is 6.54 Å². The maximum atomic E-state index is 13.7. The van der Waals surface area contributed by atoms with Gasteiger partial charge in [0.2, 0.25) is 0 Å². The second kappa shape index (κ2) is 14.0. The number of halogens is 1. The molecule has 0 aliphatic rings. The number of nitrogens with zero attached hydrogens (tertiary/aromatic N) is 3. The van der Waals surface area contributed by atoms with Gasteiger partial charge in [-0.15, -0.1) is 11.3 Å². The van der Waals surface area contributed by atoms with E-state index in [1.165, 1.54) is 40.2 Å². The summed E-state index contributed by atoms with van der Waals surface area (Å²) in [6.07, 6.45) is 0.776. The number of aryl methyl sites for hydroxylation is 1. The van der Waals surface area contributed by atoms with Crippen molar-refractivity contribution in [2.24, 2.45) is 0 Å². The molecule has 0 atom stereocenters. The number of aromatic nitrogens is 1. The number of amides is 1. The molecule has 0 spiro atoms. The molecule has 1 aromatic heterocycles. The maximum absolute atomic E-state index is 13.7. The average molecular weight is 564 g/mol. The van der Waals surface area contributed by atoms with Gasteiger partial charge in [0.25, 0.3) is 5.91 Å². The summed E-state index contributed by atoms with van der Waals surface area (Å²) < 4.78 is 13.5. The highest BCUT2D eigenvalue weighted by Crippen LogP contribution is 2.20. The van der Waals surface area contributed by atoms with Crippen LogP contribution in [0.1, 0.15) is 43.3 Å². The van der Waals surface area contributed by atoms with Crippen LogP contribution in [0.2, 0.25) is 0 Å². The molecular formula is C35H34FN3OS. The molecule has 0 aliphatic heterocycles. The van der Waals surface area contributed by atoms with Gasteiger partial charge in [-0.3, -0.25) is 9.69 Å². The Labute approximate surface area is 245 Å². The lowest BCUT2D eigenvalue weighted by Gasteiger charge is -2.23. The third kappa shape index (κ3) is 8.43. The van der Waals surface area contributed by atoms with Gasteiger partial charge >= 0.3 is 0 Å². The first kappa shape index (κ1) is 28.4. The van der Waals surface area contributed by atoms with Crippen molar-refractivity contribution in [3.05, 3.63) is 159 Å². The van der Waals surface area contributed by atoms with Crippen molar-refractivity contribution in [3.63, 3.8) is 0 Å². The van der Waals surface area contributed by atoms with Crippen molar-refractivity contribution in [1.82, 2.24) is 14.8 Å². The Morgan fingerprint density at radius 2 is 1.27 bits per heavy atom. The molecule has 41 heavy (non-hydrogen) atoms. The van der Waals surface area contributed by atoms with Gasteiger partial charge in [-0.2, -0.15) is 0 Å². The molecule has 6 heteroatoms. The van der Waals surface area contributed by atoms with E-state index in [1.54, 1.807) is 0 Å². The van der Waals surface area contributed by atoms with Crippen LogP contribution in [-0.2, 0) is 32.6 Å². The molecule has 0 saturated heterocycles. The number of hydrogen-bond acceptors (Lipinski definition) is 4. The van der Waals surface area contributed by atoms with Crippen LogP contribution in [0.25, 0.3) is 0 Å². The van der Waals surface area contributed by atoms with Crippen molar-refractivity contribution in [3.8, 4) is 0 Å². The van der Waals surface area contributed by atoms with Crippen LogP contribution in [0.15, 0.2) is 115 Å². The van der Waals surface area contributed by atoms with Gasteiger partial charge < -0.3 is 4.90 Å². The SMILES string of the molecule is Cc1ccc(CN(Cc2ccc(F)cc2)Cc2nc(C(=O)N(CCc3ccccc3)Cc3ccccc3)cs2)cc1. The van der Waals surface area contributed by atoms with Crippen LogP contribution >= 0.6 is 11.3 Å². The lowest BCUT2D eigenvalue weighted by Crippen LogP contribution is -2.33. The summed E-state index contributed by atoms with van der Waals surface area (Å²) in [5, 5.41) is 2.76. The molecular weight excluding hydrogens is 529 g/mol. The fourth-order valence-corrected chi connectivity index (χ4v) is 5.58. The molecule has 4 nitrogen and oxygen atoms in total. The Balaban J connectivity index is 1.32. The van der Waals surface area contributed by atoms with Gasteiger partial charge in [-0.05, 0) is 47.7 Å². The van der Waals surface area contributed by atoms with E-state index in [-0.39, 0.29) is 11.7 Å². The van der Waals surface area contributed by atoms with Crippen molar-refractivity contribution in [2.45, 2.75) is 39.5 Å². The molecule has 0 fully saturated rings. The number of carbonyl (C=O) groups excluding carboxylic acids is 1. The minimum absolute atomic E-state index is 0.0593. The molecule has 0 radical (unpaired) electrons. The van der Waals surface area contributed by atoms with Crippen LogP contribution in [0, 0.1) is 12.7 Å². The molecule has 4 aromatic carbocycles. The van der Waals surface area contributed by atoms with Crippen molar-refractivity contribution < 1.29 is 9.18 Å². The molecule has 0 unspecified atom stereocenters. The predicted molar refractivity (Wildman–Crippen MR) is 164 cm³/mol. The van der Waals surface area contributed by atoms with Gasteiger partial charge in [-0.1, -0.05) is 103 Å². The smallest absolute Gasteiger partial charge is 0.273 e. The molecule has 1 heterocycles. The molecule has 0 saturated carbocycles. The quantitative estimate of drug-likeness (QED) is 0.156. The van der Waals surface area contributed by atoms with Gasteiger partial charge in [0.15, 0.2) is 0 Å². The third-order valence-corrected chi connectivity index (χ3v) is 7.83. The summed E-state index contributed by atoms with van der Waals surface area (Å²) in [7, 11) is 0. The van der Waals surface area contributed by atoms with Crippen molar-refractivity contribution >= 4 is 17.2 Å². The Bertz CT molecular complexity index is 1470. The summed E-state index contributed by atoms with van der Waals surface area (Å²) in [5.74, 6) is -0.301. The number of benzene rings is 4. The Hall–Kier alpha value is -4.13. The topological polar surface area (TPSA) is 36.4 Å². The molecule has 5 rings (SSSR count). The van der Waals surface area contributed by atoms with E-state index in [0.717, 1.165) is 29.1 Å². The van der Waals surface area contributed by atoms with Crippen LogP contribution < -0.4 is 0 Å². The highest BCUT2D eigenvalue weighted by Gasteiger charge is 2.20. The Kier molecular flexibility index (Phi) is 9.68. The van der Waals surface area contributed by atoms with Gasteiger partial charge in [0.1, 0.15) is 16.5 Å². The molecule has 0 bridgehead atoms. The highest BCUT2D eigenvalue weighted by molar-refractivity contribution is 7.09. The summed E-state index contributed by atoms with van der Waals surface area (Å²) in [5.41, 5.74) is 6.21. The van der Waals surface area contributed by atoms with E-state index < -0.39 is 0 Å². The van der Waals surface area contributed by atoms with E-state index in [0.29, 0.717) is 31.9 Å². The second-order valence-electron chi connectivity index (χ2n) is 10.3. The first-order valence-electron chi connectivity index (χ1n) is 13.9. The zero-order valence-corrected chi connectivity index (χ0v) is 24.1. The Morgan fingerprint density at radius 3 is 1.90 bits per heavy atom. The first-order valence-corrected chi connectivity index (χ1v) is 14.7. The normalized spacial score (nSPS) is 11.1. The van der Waals surface area contributed by atoms with Gasteiger partial charge in [0.05, 0.1) is 6.54 Å². The van der Waals surface area contributed by atoms with E-state index in [4.69, 9.17) is 4.98 Å². The summed E-state index contributed by atoms with van der Waals surface area (Å²) in [6.45, 7) is 5.17. The minimum Gasteiger partial charge on any atom is -0.333 e. The monoisotopic (exact) mass is 563 g/mol. The fraction of sp³-hybridized carbons (Fsp3) is 0.200. The molecule has 5 aromatic rings. The van der Waals surface area contributed by atoms with Crippen LogP contribution in [-0.4, -0.2) is 27.2 Å². The summed E-state index contributed by atoms with van der Waals surface area (Å²) in [4.78, 5) is 22.7. The van der Waals surface area contributed by atoms with E-state index in [9.17, 15) is 9.18 Å². The fourth-order valence-electron chi connectivity index (χ4n) is 4.77. The number of thiazole rings is 1. The zero-order valence-electron chi connectivity index (χ0n) is 23.2. The largest absolute Gasteiger partial charge is 0.333 e. The molecule has 1 amide bonds. The molecule has 0 aliphatic carbocycles. The van der Waals surface area contributed by atoms with E-state index >= 15 is 0 Å². The predicted octanol–water partition coefficient (Wildman–Crippen LogP) is 7.68. The van der Waals surface area contributed by atoms with E-state index in [2.05, 4.69) is 48.2 Å². The second-order valence-corrected chi connectivity index (χ2v) is 11.3. The highest BCUT2D eigenvalue weighted by atomic mass is 32.1. The van der Waals surface area contributed by atoms with Crippen molar-refractivity contribution in [1.29, 1.82) is 0 Å². The number of hydrogen-bond donors (Lipinski definition) is 0. The number of carbonyl (C=O) groups is 1. The van der Waals surface area contributed by atoms with Crippen LogP contribution in [0.4, 0.5) is 4.39 Å². The molecule has 208 valence electrons. The van der Waals surface area contributed by atoms with Gasteiger partial charge in [-0.25, -0.2) is 9.37 Å². The zero-order chi connectivity index (χ0) is 28.4. The first-order chi connectivity index (χ1) is 20.0. The van der Waals surface area contributed by atoms with E-state index in [1.807, 2.05) is 70.9 Å². The van der Waals surface area contributed by atoms with Gasteiger partial charge in [0, 0.05) is 31.6 Å². The third-order valence-electron chi connectivity index (χ3n) is 6.99. The minimum atomic E-state index is -0.241. The number of rotatable bonds is 12. The average Bonchev–Trinajstić information content (AvgIpc) is 3.47. The molecule has 0 N–H and O–H groups in total. The summed E-state index contributed by atoms with van der Waals surface area (Å²) in [6, 6.07) is 35.5. The Morgan fingerprint density at radius 1 is 0.707 bits per heavy atom. The van der Waals surface area contributed by atoms with Crippen LogP contribution in [0.5, 0.6) is 0 Å². The standard InChI is InChI=1S/C35H34FN3OS/c1-27-12-14-30(15-13-27)22-38(23-31-16-18-32(36)19-17-31)25-34-37-33(26-41-34)35(40)39(24-29-10-6-3-7-11-29)21-20-28-8-4-2-5-9-28/h2-19,26H,20-25H2,1H3. The maximum Gasteiger partial charge on any atom is 0.273 e. The lowest BCUT2D eigenvalue weighted by molar-refractivity contribution is 0.0739. The lowest BCUT2D eigenvalue weighted by atomic mass is 10.1. The summed E-state index contributed by atoms with van der Waals surface area (Å²) >= 11 is 1.51.